The van der Waals surface area contributed by atoms with Crippen LogP contribution in [0.4, 0.5) is 4.79 Å². The van der Waals surface area contributed by atoms with E-state index in [0.717, 1.165) is 0 Å². The predicted molar refractivity (Wildman–Crippen MR) is 53.1 cm³/mol. The van der Waals surface area contributed by atoms with Crippen LogP contribution in [0.15, 0.2) is 5.34 Å². The molecule has 15 heavy (non-hydrogen) atoms. The molecular formula is C9H16N2O4. The average Bonchev–Trinajstić information content (AvgIpc) is 2.50. The number of rotatable bonds is 2. The first-order valence-corrected chi connectivity index (χ1v) is 4.89. The molecule has 0 aliphatic carbocycles. The molecule has 1 fully saturated rings. The number of carbonyl (C=O) groups excluding carboxylic acids is 1. The Morgan fingerprint density at radius 3 is 2.67 bits per heavy atom. The molecule has 0 saturated carbocycles. The highest BCUT2D eigenvalue weighted by atomic mass is 16.7. The highest BCUT2D eigenvalue weighted by Crippen LogP contribution is 2.17. The summed E-state index contributed by atoms with van der Waals surface area (Å²) in [6.45, 7) is 6.32. The fraction of sp³-hybridized carbons (Fsp3) is 0.889. The van der Waals surface area contributed by atoms with Gasteiger partial charge in [-0.15, -0.1) is 4.91 Å². The van der Waals surface area contributed by atoms with Crippen molar-refractivity contribution in [2.75, 3.05) is 13.1 Å². The van der Waals surface area contributed by atoms with Gasteiger partial charge >= 0.3 is 6.09 Å². The maximum atomic E-state index is 11.6. The molecule has 0 aromatic heterocycles. The van der Waals surface area contributed by atoms with Crippen molar-refractivity contribution < 1.29 is 14.4 Å². The lowest BCUT2D eigenvalue weighted by Crippen LogP contribution is -2.35. The first kappa shape index (κ1) is 11.7. The second-order valence-corrected chi connectivity index (χ2v) is 4.52. The van der Waals surface area contributed by atoms with Crippen molar-refractivity contribution in [1.29, 1.82) is 0 Å². The maximum Gasteiger partial charge on any atom is 0.410 e. The normalized spacial score (nSPS) is 21.3. The van der Waals surface area contributed by atoms with E-state index in [-0.39, 0.29) is 12.2 Å². The molecule has 1 aliphatic heterocycles. The summed E-state index contributed by atoms with van der Waals surface area (Å²) in [4.78, 5) is 27.5. The molecule has 1 heterocycles. The lowest BCUT2D eigenvalue weighted by atomic mass is 10.2. The number of ether oxygens (including phenoxy) is 1. The minimum Gasteiger partial charge on any atom is -0.444 e. The number of carbonyl (C=O) groups is 1. The monoisotopic (exact) mass is 216 g/mol. The van der Waals surface area contributed by atoms with Crippen LogP contribution >= 0.6 is 0 Å². The maximum absolute atomic E-state index is 11.6. The Morgan fingerprint density at radius 2 is 2.13 bits per heavy atom. The number of hydrogen-bond acceptors (Lipinski definition) is 5. The molecule has 0 bridgehead atoms. The van der Waals surface area contributed by atoms with Crippen molar-refractivity contribution in [1.82, 2.24) is 4.90 Å². The fourth-order valence-corrected chi connectivity index (χ4v) is 1.37. The van der Waals surface area contributed by atoms with Crippen LogP contribution < -0.4 is 0 Å². The lowest BCUT2D eigenvalue weighted by molar-refractivity contribution is 0.0212. The van der Waals surface area contributed by atoms with Gasteiger partial charge in [-0.2, -0.15) is 0 Å². The molecule has 6 nitrogen and oxygen atoms in total. The van der Waals surface area contributed by atoms with Crippen LogP contribution in [0.3, 0.4) is 0 Å². The molecule has 0 aromatic rings. The van der Waals surface area contributed by atoms with Gasteiger partial charge in [-0.1, -0.05) is 0 Å². The van der Waals surface area contributed by atoms with E-state index < -0.39 is 5.60 Å². The quantitative estimate of drug-likeness (QED) is 0.520. The molecule has 86 valence electrons. The van der Waals surface area contributed by atoms with Gasteiger partial charge in [0.2, 0.25) is 0 Å². The van der Waals surface area contributed by atoms with E-state index in [9.17, 15) is 9.70 Å². The van der Waals surface area contributed by atoms with E-state index in [1.807, 2.05) is 20.8 Å². The van der Waals surface area contributed by atoms with E-state index in [1.54, 1.807) is 0 Å². The SMILES string of the molecule is CC(C)(C)OC(=O)N1CC[C@@H](ON=O)C1. The fourth-order valence-electron chi connectivity index (χ4n) is 1.37. The third-order valence-electron chi connectivity index (χ3n) is 1.99. The van der Waals surface area contributed by atoms with Crippen molar-refractivity contribution in [2.45, 2.75) is 38.9 Å². The molecule has 1 atom stereocenters. The third-order valence-corrected chi connectivity index (χ3v) is 1.99. The van der Waals surface area contributed by atoms with Crippen molar-refractivity contribution in [3.05, 3.63) is 4.91 Å². The molecule has 0 spiro atoms. The average molecular weight is 216 g/mol. The zero-order valence-corrected chi connectivity index (χ0v) is 9.23. The van der Waals surface area contributed by atoms with E-state index in [4.69, 9.17) is 4.74 Å². The smallest absolute Gasteiger partial charge is 0.410 e. The van der Waals surface area contributed by atoms with Gasteiger partial charge in [0, 0.05) is 13.0 Å². The topological polar surface area (TPSA) is 68.2 Å². The first-order chi connectivity index (χ1) is 6.92. The molecule has 0 radical (unpaired) electrons. The van der Waals surface area contributed by atoms with Gasteiger partial charge in [0.1, 0.15) is 11.7 Å². The van der Waals surface area contributed by atoms with Gasteiger partial charge in [0.25, 0.3) is 0 Å². The highest BCUT2D eigenvalue weighted by molar-refractivity contribution is 5.68. The van der Waals surface area contributed by atoms with Gasteiger partial charge in [-0.05, 0) is 20.8 Å². The summed E-state index contributed by atoms with van der Waals surface area (Å²) in [7, 11) is 0. The standard InChI is InChI=1S/C9H16N2O4/c1-9(2,3)14-8(12)11-5-4-7(6-11)15-10-13/h7H,4-6H2,1-3H3/t7-/m1/s1. The Labute approximate surface area is 88.5 Å². The largest absolute Gasteiger partial charge is 0.444 e. The summed E-state index contributed by atoms with van der Waals surface area (Å²) in [5.41, 5.74) is -0.501. The van der Waals surface area contributed by atoms with Gasteiger partial charge in [0.15, 0.2) is 5.34 Å². The zero-order valence-electron chi connectivity index (χ0n) is 9.23. The molecule has 1 aliphatic rings. The Bertz CT molecular complexity index is 249. The minimum absolute atomic E-state index is 0.296. The summed E-state index contributed by atoms with van der Waals surface area (Å²) < 4.78 is 5.17. The van der Waals surface area contributed by atoms with Gasteiger partial charge < -0.3 is 14.5 Å². The number of likely N-dealkylation sites (tertiary alicyclic amines) is 1. The van der Waals surface area contributed by atoms with Crippen LogP contribution in [-0.2, 0) is 9.57 Å². The van der Waals surface area contributed by atoms with E-state index in [1.165, 1.54) is 4.90 Å². The minimum atomic E-state index is -0.501. The highest BCUT2D eigenvalue weighted by Gasteiger charge is 2.31. The number of nitrogens with zero attached hydrogens (tertiary/aromatic N) is 2. The van der Waals surface area contributed by atoms with Gasteiger partial charge in [0.05, 0.1) is 6.54 Å². The van der Waals surface area contributed by atoms with Crippen LogP contribution in [0.1, 0.15) is 27.2 Å². The summed E-state index contributed by atoms with van der Waals surface area (Å²) in [5, 5.41) is 2.36. The molecule has 0 aromatic carbocycles. The number of amides is 1. The van der Waals surface area contributed by atoms with Crippen LogP contribution in [0, 0.1) is 4.91 Å². The molecule has 0 N–H and O–H groups in total. The number of hydrogen-bond donors (Lipinski definition) is 0. The Balaban J connectivity index is 2.40. The second kappa shape index (κ2) is 4.46. The zero-order chi connectivity index (χ0) is 11.5. The summed E-state index contributed by atoms with van der Waals surface area (Å²) in [6.07, 6.45) is -0.0557. The van der Waals surface area contributed by atoms with Crippen LogP contribution in [0.25, 0.3) is 0 Å². The second-order valence-electron chi connectivity index (χ2n) is 4.52. The van der Waals surface area contributed by atoms with Gasteiger partial charge in [-0.3, -0.25) is 0 Å². The predicted octanol–water partition coefficient (Wildman–Crippen LogP) is 1.69. The van der Waals surface area contributed by atoms with E-state index in [2.05, 4.69) is 10.2 Å². The van der Waals surface area contributed by atoms with Crippen molar-refractivity contribution in [3.8, 4) is 0 Å². The molecule has 0 unspecified atom stereocenters. The summed E-state index contributed by atoms with van der Waals surface area (Å²) in [6, 6.07) is 0. The Kier molecular flexibility index (Phi) is 3.49. The molecule has 1 saturated heterocycles. The molecule has 1 amide bonds. The first-order valence-electron chi connectivity index (χ1n) is 4.89. The van der Waals surface area contributed by atoms with Crippen molar-refractivity contribution in [3.63, 3.8) is 0 Å². The Hall–Kier alpha value is -1.33. The van der Waals surface area contributed by atoms with E-state index >= 15 is 0 Å². The lowest BCUT2D eigenvalue weighted by Gasteiger charge is -2.24. The van der Waals surface area contributed by atoms with Crippen molar-refractivity contribution >= 4 is 6.09 Å². The molecule has 6 heteroatoms. The molecule has 1 rings (SSSR count). The van der Waals surface area contributed by atoms with Crippen LogP contribution in [0.5, 0.6) is 0 Å². The summed E-state index contributed by atoms with van der Waals surface area (Å²) >= 11 is 0. The van der Waals surface area contributed by atoms with Gasteiger partial charge in [-0.25, -0.2) is 4.79 Å². The van der Waals surface area contributed by atoms with Crippen LogP contribution in [-0.4, -0.2) is 35.8 Å². The third kappa shape index (κ3) is 3.73. The summed E-state index contributed by atoms with van der Waals surface area (Å²) in [5.74, 6) is 0. The molecular weight excluding hydrogens is 200 g/mol. The van der Waals surface area contributed by atoms with E-state index in [0.29, 0.717) is 19.5 Å². The Morgan fingerprint density at radius 1 is 1.47 bits per heavy atom. The van der Waals surface area contributed by atoms with Crippen molar-refractivity contribution in [2.24, 2.45) is 5.34 Å². The van der Waals surface area contributed by atoms with Crippen LogP contribution in [0.2, 0.25) is 0 Å².